The number of aryl methyl sites for hydroxylation is 1. The smallest absolute Gasteiger partial charge is 0.0940 e. The molecule has 1 N–H and O–H groups in total. The van der Waals surface area contributed by atoms with E-state index in [0.717, 1.165) is 12.1 Å². The Labute approximate surface area is 131 Å². The van der Waals surface area contributed by atoms with Gasteiger partial charge in [0.05, 0.1) is 11.7 Å². The maximum absolute atomic E-state index is 4.54. The van der Waals surface area contributed by atoms with Crippen molar-refractivity contribution < 1.29 is 0 Å². The van der Waals surface area contributed by atoms with E-state index in [4.69, 9.17) is 0 Å². The van der Waals surface area contributed by atoms with Crippen LogP contribution in [0.5, 0.6) is 0 Å². The van der Waals surface area contributed by atoms with Crippen molar-refractivity contribution in [2.75, 3.05) is 5.32 Å². The third-order valence-corrected chi connectivity index (χ3v) is 3.81. The zero-order valence-corrected chi connectivity index (χ0v) is 12.7. The van der Waals surface area contributed by atoms with Crippen LogP contribution in [0.3, 0.4) is 0 Å². The molecule has 0 spiro atoms. The Morgan fingerprint density at radius 1 is 0.864 bits per heavy atom. The maximum Gasteiger partial charge on any atom is 0.0940 e. The Bertz CT molecular complexity index is 669. The summed E-state index contributed by atoms with van der Waals surface area (Å²) in [5, 5.41) is 3.67. The summed E-state index contributed by atoms with van der Waals surface area (Å²) in [5.41, 5.74) is 4.73. The minimum Gasteiger partial charge on any atom is -0.373 e. The molecular weight excluding hydrogens is 268 g/mol. The molecule has 0 aliphatic heterocycles. The number of nitrogens with zero attached hydrogens (tertiary/aromatic N) is 1. The maximum atomic E-state index is 4.54. The first-order valence-electron chi connectivity index (χ1n) is 7.69. The molecule has 1 aromatic heterocycles. The van der Waals surface area contributed by atoms with Crippen molar-refractivity contribution in [1.82, 2.24) is 4.98 Å². The van der Waals surface area contributed by atoms with Crippen molar-refractivity contribution in [3.63, 3.8) is 0 Å². The number of para-hydroxylation sites is 1. The van der Waals surface area contributed by atoms with Crippen LogP contribution in [0.1, 0.15) is 29.8 Å². The van der Waals surface area contributed by atoms with E-state index in [1.165, 1.54) is 16.8 Å². The second-order valence-electron chi connectivity index (χ2n) is 5.25. The average Bonchev–Trinajstić information content (AvgIpc) is 2.61. The fraction of sp³-hybridized carbons (Fsp3) is 0.150. The minimum atomic E-state index is 0.0510. The second kappa shape index (κ2) is 6.90. The van der Waals surface area contributed by atoms with Gasteiger partial charge >= 0.3 is 0 Å². The SMILES string of the molecule is CCc1ccccc1NC(c1ccccc1)c1ccccn1. The molecule has 2 heteroatoms. The fourth-order valence-electron chi connectivity index (χ4n) is 2.65. The summed E-state index contributed by atoms with van der Waals surface area (Å²) in [6, 6.07) is 25.0. The minimum absolute atomic E-state index is 0.0510. The van der Waals surface area contributed by atoms with Crippen LogP contribution < -0.4 is 5.32 Å². The summed E-state index contributed by atoms with van der Waals surface area (Å²) in [6.07, 6.45) is 2.85. The van der Waals surface area contributed by atoms with E-state index in [-0.39, 0.29) is 6.04 Å². The lowest BCUT2D eigenvalue weighted by Gasteiger charge is -2.21. The van der Waals surface area contributed by atoms with Gasteiger partial charge in [-0.1, -0.05) is 61.5 Å². The van der Waals surface area contributed by atoms with Crippen LogP contribution in [0.15, 0.2) is 79.0 Å². The van der Waals surface area contributed by atoms with Gasteiger partial charge in [0.15, 0.2) is 0 Å². The predicted molar refractivity (Wildman–Crippen MR) is 92.0 cm³/mol. The summed E-state index contributed by atoms with van der Waals surface area (Å²) >= 11 is 0. The standard InChI is InChI=1S/C20H20N2/c1-2-16-10-6-7-13-18(16)22-20(17-11-4-3-5-12-17)19-14-8-9-15-21-19/h3-15,20,22H,2H2,1H3. The number of anilines is 1. The molecule has 1 atom stereocenters. The number of aromatic nitrogens is 1. The number of hydrogen-bond acceptors (Lipinski definition) is 2. The molecule has 0 bridgehead atoms. The van der Waals surface area contributed by atoms with E-state index >= 15 is 0 Å². The van der Waals surface area contributed by atoms with Gasteiger partial charge in [-0.3, -0.25) is 4.98 Å². The van der Waals surface area contributed by atoms with Gasteiger partial charge in [-0.2, -0.15) is 0 Å². The highest BCUT2D eigenvalue weighted by Gasteiger charge is 2.15. The highest BCUT2D eigenvalue weighted by Crippen LogP contribution is 2.27. The number of hydrogen-bond donors (Lipinski definition) is 1. The van der Waals surface area contributed by atoms with Crippen molar-refractivity contribution in [3.05, 3.63) is 95.8 Å². The van der Waals surface area contributed by atoms with Gasteiger partial charge < -0.3 is 5.32 Å². The van der Waals surface area contributed by atoms with Gasteiger partial charge in [0.25, 0.3) is 0 Å². The predicted octanol–water partition coefficient (Wildman–Crippen LogP) is 4.85. The Hall–Kier alpha value is -2.61. The van der Waals surface area contributed by atoms with Crippen molar-refractivity contribution in [1.29, 1.82) is 0 Å². The number of benzene rings is 2. The lowest BCUT2D eigenvalue weighted by Crippen LogP contribution is -2.14. The van der Waals surface area contributed by atoms with E-state index in [9.17, 15) is 0 Å². The summed E-state index contributed by atoms with van der Waals surface area (Å²) < 4.78 is 0. The lowest BCUT2D eigenvalue weighted by atomic mass is 10.0. The molecule has 110 valence electrons. The van der Waals surface area contributed by atoms with E-state index in [1.54, 1.807) is 0 Å². The quantitative estimate of drug-likeness (QED) is 0.726. The van der Waals surface area contributed by atoms with E-state index < -0.39 is 0 Å². The first-order chi connectivity index (χ1) is 10.9. The normalized spacial score (nSPS) is 11.9. The van der Waals surface area contributed by atoms with Crippen molar-refractivity contribution in [2.45, 2.75) is 19.4 Å². The molecule has 0 aliphatic carbocycles. The van der Waals surface area contributed by atoms with Gasteiger partial charge in [-0.25, -0.2) is 0 Å². The Balaban J connectivity index is 1.99. The molecule has 22 heavy (non-hydrogen) atoms. The second-order valence-corrected chi connectivity index (χ2v) is 5.25. The summed E-state index contributed by atoms with van der Waals surface area (Å²) in [7, 11) is 0. The van der Waals surface area contributed by atoms with Crippen LogP contribution in [0, 0.1) is 0 Å². The molecule has 3 aromatic rings. The van der Waals surface area contributed by atoms with Crippen LogP contribution in [-0.2, 0) is 6.42 Å². The highest BCUT2D eigenvalue weighted by molar-refractivity contribution is 5.54. The van der Waals surface area contributed by atoms with Gasteiger partial charge in [0.2, 0.25) is 0 Å². The Morgan fingerprint density at radius 2 is 1.59 bits per heavy atom. The Kier molecular flexibility index (Phi) is 4.50. The van der Waals surface area contributed by atoms with Crippen molar-refractivity contribution in [2.24, 2.45) is 0 Å². The van der Waals surface area contributed by atoms with Crippen LogP contribution >= 0.6 is 0 Å². The molecule has 0 saturated heterocycles. The molecule has 1 heterocycles. The summed E-state index contributed by atoms with van der Waals surface area (Å²) in [4.78, 5) is 4.54. The molecule has 0 amide bonds. The monoisotopic (exact) mass is 288 g/mol. The van der Waals surface area contributed by atoms with Gasteiger partial charge in [-0.15, -0.1) is 0 Å². The van der Waals surface area contributed by atoms with Gasteiger partial charge in [0.1, 0.15) is 0 Å². The van der Waals surface area contributed by atoms with E-state index in [0.29, 0.717) is 0 Å². The topological polar surface area (TPSA) is 24.9 Å². The summed E-state index contributed by atoms with van der Waals surface area (Å²) in [6.45, 7) is 2.18. The van der Waals surface area contributed by atoms with Crippen molar-refractivity contribution >= 4 is 5.69 Å². The molecule has 0 aliphatic rings. The molecule has 2 nitrogen and oxygen atoms in total. The molecule has 3 rings (SSSR count). The average molecular weight is 288 g/mol. The van der Waals surface area contributed by atoms with Gasteiger partial charge in [-0.05, 0) is 35.7 Å². The fourth-order valence-corrected chi connectivity index (χ4v) is 2.65. The van der Waals surface area contributed by atoms with E-state index in [1.807, 2.05) is 24.4 Å². The first-order valence-corrected chi connectivity index (χ1v) is 7.69. The zero-order valence-electron chi connectivity index (χ0n) is 12.7. The molecule has 2 aromatic carbocycles. The Morgan fingerprint density at radius 3 is 2.32 bits per heavy atom. The molecular formula is C20H20N2. The number of rotatable bonds is 5. The number of pyridine rings is 1. The third kappa shape index (κ3) is 3.17. The first kappa shape index (κ1) is 14.3. The summed E-state index contributed by atoms with van der Waals surface area (Å²) in [5.74, 6) is 0. The van der Waals surface area contributed by atoms with Gasteiger partial charge in [0, 0.05) is 11.9 Å². The van der Waals surface area contributed by atoms with Crippen molar-refractivity contribution in [3.8, 4) is 0 Å². The van der Waals surface area contributed by atoms with Crippen LogP contribution in [0.25, 0.3) is 0 Å². The molecule has 0 radical (unpaired) electrons. The molecule has 0 fully saturated rings. The lowest BCUT2D eigenvalue weighted by molar-refractivity contribution is 0.882. The largest absolute Gasteiger partial charge is 0.373 e. The zero-order chi connectivity index (χ0) is 15.2. The molecule has 1 unspecified atom stereocenters. The number of nitrogens with one attached hydrogen (secondary N) is 1. The molecule has 0 saturated carbocycles. The third-order valence-electron chi connectivity index (χ3n) is 3.81. The van der Waals surface area contributed by atoms with E-state index in [2.05, 4.69) is 71.8 Å². The highest BCUT2D eigenvalue weighted by atomic mass is 14.9. The van der Waals surface area contributed by atoms with Crippen LogP contribution in [0.2, 0.25) is 0 Å². The van der Waals surface area contributed by atoms with Crippen LogP contribution in [-0.4, -0.2) is 4.98 Å². The van der Waals surface area contributed by atoms with Crippen LogP contribution in [0.4, 0.5) is 5.69 Å².